The van der Waals surface area contributed by atoms with Crippen LogP contribution in [-0.2, 0) is 17.3 Å². The van der Waals surface area contributed by atoms with Gasteiger partial charge in [-0.05, 0) is 61.9 Å². The van der Waals surface area contributed by atoms with Gasteiger partial charge in [-0.1, -0.05) is 49.0 Å². The lowest BCUT2D eigenvalue weighted by Crippen LogP contribution is -2.47. The van der Waals surface area contributed by atoms with Crippen LogP contribution >= 0.6 is 24.0 Å². The molecule has 0 aromatic heterocycles. The van der Waals surface area contributed by atoms with Crippen LogP contribution in [0.4, 0.5) is 30.2 Å². The molecular weight excluding hydrogens is 610 g/mol. The predicted molar refractivity (Wildman–Crippen MR) is 171 cm³/mol. The largest absolute Gasteiger partial charge is 0.485 e. The number of fused-ring (bicyclic) bond motifs is 2. The van der Waals surface area contributed by atoms with E-state index in [-0.39, 0.29) is 16.5 Å². The second-order valence-electron chi connectivity index (χ2n) is 11.1. The van der Waals surface area contributed by atoms with Gasteiger partial charge in [-0.3, -0.25) is 15.0 Å². The summed E-state index contributed by atoms with van der Waals surface area (Å²) in [5, 5.41) is 11.8. The standard InChI is InChI=1S/C32H35F3N4O3S2/c1-23(21-24-7-2-3-8-26(24)39(40)41)31(43)42-20-19-37-17-15-36(16-18-37)13-6-14-38-27-9-4-5-10-29(27)44-30-12-11-25(22-28(30)38)32(33,34)35/h2-5,7-12,22-23H,6,13-21H2,1H3. The van der Waals surface area contributed by atoms with Crippen molar-refractivity contribution in [2.24, 2.45) is 5.92 Å². The van der Waals surface area contributed by atoms with Crippen LogP contribution in [0.3, 0.4) is 0 Å². The summed E-state index contributed by atoms with van der Waals surface area (Å²) < 4.78 is 46.4. The summed E-state index contributed by atoms with van der Waals surface area (Å²) in [4.78, 5) is 19.6. The van der Waals surface area contributed by atoms with Crippen LogP contribution in [0.2, 0.25) is 0 Å². The monoisotopic (exact) mass is 644 g/mol. The molecule has 0 amide bonds. The highest BCUT2D eigenvalue weighted by Gasteiger charge is 2.33. The molecule has 1 atom stereocenters. The van der Waals surface area contributed by atoms with Crippen LogP contribution in [0, 0.1) is 16.0 Å². The molecule has 2 aliphatic heterocycles. The topological polar surface area (TPSA) is 62.1 Å². The van der Waals surface area contributed by atoms with E-state index in [0.717, 1.165) is 67.2 Å². The smallest absolute Gasteiger partial charge is 0.416 e. The van der Waals surface area contributed by atoms with Crippen LogP contribution in [0.15, 0.2) is 76.5 Å². The third-order valence-electron chi connectivity index (χ3n) is 8.04. The van der Waals surface area contributed by atoms with Crippen LogP contribution in [-0.4, -0.2) is 72.2 Å². The zero-order valence-corrected chi connectivity index (χ0v) is 26.1. The zero-order valence-electron chi connectivity index (χ0n) is 24.5. The Labute approximate surface area is 265 Å². The molecule has 3 aromatic carbocycles. The fraction of sp³-hybridized carbons (Fsp3) is 0.406. The van der Waals surface area contributed by atoms with E-state index in [1.54, 1.807) is 24.3 Å². The van der Waals surface area contributed by atoms with Crippen molar-refractivity contribution in [1.29, 1.82) is 0 Å². The molecular formula is C32H35F3N4O3S2. The minimum atomic E-state index is -4.39. The summed E-state index contributed by atoms with van der Waals surface area (Å²) in [7, 11) is 0. The van der Waals surface area contributed by atoms with Gasteiger partial charge >= 0.3 is 6.18 Å². The van der Waals surface area contributed by atoms with E-state index >= 15 is 0 Å². The molecule has 44 heavy (non-hydrogen) atoms. The molecule has 1 unspecified atom stereocenters. The third kappa shape index (κ3) is 7.90. The van der Waals surface area contributed by atoms with Gasteiger partial charge in [0.05, 0.1) is 21.9 Å². The van der Waals surface area contributed by atoms with Crippen LogP contribution in [0.5, 0.6) is 0 Å². The lowest BCUT2D eigenvalue weighted by atomic mass is 10.0. The van der Waals surface area contributed by atoms with Crippen molar-refractivity contribution < 1.29 is 22.8 Å². The maximum atomic E-state index is 13.5. The van der Waals surface area contributed by atoms with Gasteiger partial charge in [0, 0.05) is 66.6 Å². The van der Waals surface area contributed by atoms with Crippen molar-refractivity contribution in [1.82, 2.24) is 9.80 Å². The van der Waals surface area contributed by atoms with E-state index < -0.39 is 11.7 Å². The minimum absolute atomic E-state index is 0.0974. The number of benzene rings is 3. The molecule has 1 saturated heterocycles. The van der Waals surface area contributed by atoms with E-state index in [0.29, 0.717) is 35.9 Å². The van der Waals surface area contributed by atoms with Crippen molar-refractivity contribution in [3.05, 3.63) is 88.0 Å². The van der Waals surface area contributed by atoms with Crippen molar-refractivity contribution in [2.45, 2.75) is 35.7 Å². The molecule has 1 fully saturated rings. The minimum Gasteiger partial charge on any atom is -0.485 e. The van der Waals surface area contributed by atoms with Crippen molar-refractivity contribution in [3.8, 4) is 0 Å². The number of hydrogen-bond donors (Lipinski definition) is 0. The molecule has 0 N–H and O–H groups in total. The summed E-state index contributed by atoms with van der Waals surface area (Å²) in [5.74, 6) is -0.125. The number of piperazine rings is 1. The third-order valence-corrected chi connectivity index (χ3v) is 9.69. The quantitative estimate of drug-likeness (QED) is 0.121. The van der Waals surface area contributed by atoms with E-state index in [1.165, 1.54) is 23.9 Å². The molecule has 5 rings (SSSR count). The van der Waals surface area contributed by atoms with E-state index in [2.05, 4.69) is 9.80 Å². The second kappa shape index (κ2) is 14.3. The number of nitro benzene ring substituents is 1. The van der Waals surface area contributed by atoms with Gasteiger partial charge in [-0.2, -0.15) is 13.2 Å². The molecule has 3 aromatic rings. The number of alkyl halides is 3. The number of para-hydroxylation sites is 2. The Bertz CT molecular complexity index is 1480. The second-order valence-corrected chi connectivity index (χ2v) is 12.6. The molecule has 0 saturated carbocycles. The van der Waals surface area contributed by atoms with Gasteiger partial charge in [-0.25, -0.2) is 0 Å². The molecule has 7 nitrogen and oxygen atoms in total. The van der Waals surface area contributed by atoms with Crippen LogP contribution in [0.25, 0.3) is 0 Å². The first kappa shape index (κ1) is 32.2. The van der Waals surface area contributed by atoms with Gasteiger partial charge in [0.25, 0.3) is 5.69 Å². The Balaban J connectivity index is 1.06. The molecule has 234 valence electrons. The normalized spacial score (nSPS) is 16.2. The average Bonchev–Trinajstić information content (AvgIpc) is 3.00. The van der Waals surface area contributed by atoms with Gasteiger partial charge in [-0.15, -0.1) is 0 Å². The van der Waals surface area contributed by atoms with Crippen molar-refractivity contribution in [2.75, 3.05) is 57.3 Å². The summed E-state index contributed by atoms with van der Waals surface area (Å²) in [6, 6.07) is 18.6. The first-order valence-electron chi connectivity index (χ1n) is 14.7. The van der Waals surface area contributed by atoms with Gasteiger partial charge in [0.2, 0.25) is 0 Å². The molecule has 2 aliphatic rings. The molecule has 12 heteroatoms. The number of anilines is 2. The Morgan fingerprint density at radius 3 is 2.34 bits per heavy atom. The van der Waals surface area contributed by atoms with Gasteiger partial charge in [0.15, 0.2) is 5.05 Å². The number of ether oxygens (including phenoxy) is 1. The van der Waals surface area contributed by atoms with Crippen LogP contribution in [0.1, 0.15) is 24.5 Å². The van der Waals surface area contributed by atoms with Gasteiger partial charge in [0.1, 0.15) is 6.61 Å². The maximum Gasteiger partial charge on any atom is 0.416 e. The Kier molecular flexibility index (Phi) is 10.5. The highest BCUT2D eigenvalue weighted by Crippen LogP contribution is 2.49. The summed E-state index contributed by atoms with van der Waals surface area (Å²) in [5.41, 5.74) is 1.67. The SMILES string of the molecule is CC(Cc1ccccc1[N+](=O)[O-])C(=S)OCCN1CCN(CCCN2c3ccccc3Sc3ccc(C(F)(F)F)cc32)CC1. The zero-order chi connectivity index (χ0) is 31.3. The molecule has 0 aliphatic carbocycles. The number of halogens is 3. The van der Waals surface area contributed by atoms with E-state index in [1.807, 2.05) is 36.1 Å². The lowest BCUT2D eigenvalue weighted by Gasteiger charge is -2.36. The highest BCUT2D eigenvalue weighted by atomic mass is 32.2. The Morgan fingerprint density at radius 1 is 0.955 bits per heavy atom. The number of thiocarbonyl (C=S) groups is 1. The first-order chi connectivity index (χ1) is 21.1. The fourth-order valence-corrected chi connectivity index (χ4v) is 6.87. The van der Waals surface area contributed by atoms with Crippen molar-refractivity contribution >= 4 is 46.1 Å². The number of hydrogen-bond acceptors (Lipinski definition) is 8. The number of nitrogens with zero attached hydrogens (tertiary/aromatic N) is 4. The van der Waals surface area contributed by atoms with Crippen molar-refractivity contribution in [3.63, 3.8) is 0 Å². The number of rotatable bonds is 11. The summed E-state index contributed by atoms with van der Waals surface area (Å²) in [6.07, 6.45) is -3.11. The fourth-order valence-electron chi connectivity index (χ4n) is 5.63. The van der Waals surface area contributed by atoms with E-state index in [4.69, 9.17) is 17.0 Å². The Morgan fingerprint density at radius 2 is 1.61 bits per heavy atom. The highest BCUT2D eigenvalue weighted by molar-refractivity contribution is 7.99. The predicted octanol–water partition coefficient (Wildman–Crippen LogP) is 7.45. The van der Waals surface area contributed by atoms with Gasteiger partial charge < -0.3 is 14.5 Å². The molecule has 0 spiro atoms. The van der Waals surface area contributed by atoms with E-state index in [9.17, 15) is 23.3 Å². The molecule has 2 heterocycles. The maximum absolute atomic E-state index is 13.5. The summed E-state index contributed by atoms with van der Waals surface area (Å²) in [6.45, 7) is 8.20. The first-order valence-corrected chi connectivity index (χ1v) is 15.9. The summed E-state index contributed by atoms with van der Waals surface area (Å²) >= 11 is 6.98. The van der Waals surface area contributed by atoms with Crippen LogP contribution < -0.4 is 4.90 Å². The molecule has 0 bridgehead atoms. The average molecular weight is 645 g/mol. The molecule has 0 radical (unpaired) electrons. The Hall–Kier alpha value is -3.19. The number of nitro groups is 1. The lowest BCUT2D eigenvalue weighted by molar-refractivity contribution is -0.385.